The van der Waals surface area contributed by atoms with Gasteiger partial charge in [0.1, 0.15) is 5.75 Å². The zero-order valence-electron chi connectivity index (χ0n) is 21.1. The summed E-state index contributed by atoms with van der Waals surface area (Å²) in [4.78, 5) is 18.2. The Morgan fingerprint density at radius 1 is 0.917 bits per heavy atom. The van der Waals surface area contributed by atoms with E-state index in [0.29, 0.717) is 13.0 Å². The summed E-state index contributed by atoms with van der Waals surface area (Å²) >= 11 is 0. The van der Waals surface area contributed by atoms with Crippen molar-refractivity contribution in [3.63, 3.8) is 0 Å². The lowest BCUT2D eigenvalue weighted by molar-refractivity contribution is -0.134. The molecule has 3 aromatic rings. The van der Waals surface area contributed by atoms with E-state index in [0.717, 1.165) is 61.9 Å². The molecule has 0 saturated carbocycles. The van der Waals surface area contributed by atoms with Gasteiger partial charge in [0.05, 0.1) is 32.0 Å². The SMILES string of the molecule is COCCN1CCN(CC(=O)N2N=C(c3ccc4ccccc4c3)CC2c2ccc(OC)cc2)CC1. The molecule has 0 aromatic heterocycles. The fourth-order valence-corrected chi connectivity index (χ4v) is 5.02. The molecule has 36 heavy (non-hydrogen) atoms. The standard InChI is InChI=1S/C29H34N4O3/c1-35-18-17-31-13-15-32(16-14-31)21-29(34)33-28(23-9-11-26(36-2)12-10-23)20-27(30-33)25-8-7-22-5-3-4-6-24(22)19-25/h3-12,19,28H,13-18,20-21H2,1-2H3. The van der Waals surface area contributed by atoms with Crippen LogP contribution in [0.1, 0.15) is 23.6 Å². The number of nitrogens with zero attached hydrogens (tertiary/aromatic N) is 4. The first kappa shape index (κ1) is 24.4. The van der Waals surface area contributed by atoms with Crippen molar-refractivity contribution in [3.8, 4) is 5.75 Å². The molecule has 188 valence electrons. The lowest BCUT2D eigenvalue weighted by Gasteiger charge is -2.35. The van der Waals surface area contributed by atoms with Gasteiger partial charge in [-0.05, 0) is 40.1 Å². The van der Waals surface area contributed by atoms with Crippen LogP contribution < -0.4 is 4.74 Å². The van der Waals surface area contributed by atoms with E-state index < -0.39 is 0 Å². The molecule has 2 heterocycles. The van der Waals surface area contributed by atoms with Crippen LogP contribution in [-0.4, -0.2) is 86.5 Å². The molecular weight excluding hydrogens is 452 g/mol. The number of hydrogen-bond donors (Lipinski definition) is 0. The summed E-state index contributed by atoms with van der Waals surface area (Å²) in [5, 5.41) is 8.99. The fourth-order valence-electron chi connectivity index (χ4n) is 5.02. The maximum atomic E-state index is 13.6. The Kier molecular flexibility index (Phi) is 7.60. The fraction of sp³-hybridized carbons (Fsp3) is 0.379. The summed E-state index contributed by atoms with van der Waals surface area (Å²) in [5.41, 5.74) is 3.07. The number of benzene rings is 3. The molecular formula is C29H34N4O3. The van der Waals surface area contributed by atoms with Crippen LogP contribution in [-0.2, 0) is 9.53 Å². The van der Waals surface area contributed by atoms with Gasteiger partial charge in [0, 0.05) is 46.3 Å². The van der Waals surface area contributed by atoms with Gasteiger partial charge in [-0.25, -0.2) is 5.01 Å². The van der Waals surface area contributed by atoms with Gasteiger partial charge in [0.2, 0.25) is 0 Å². The highest BCUT2D eigenvalue weighted by Crippen LogP contribution is 2.34. The van der Waals surface area contributed by atoms with Crippen LogP contribution in [0.5, 0.6) is 5.75 Å². The number of carbonyl (C=O) groups excluding carboxylic acids is 1. The molecule has 0 N–H and O–H groups in total. The minimum Gasteiger partial charge on any atom is -0.497 e. The van der Waals surface area contributed by atoms with Gasteiger partial charge >= 0.3 is 0 Å². The summed E-state index contributed by atoms with van der Waals surface area (Å²) in [6.07, 6.45) is 0.682. The Morgan fingerprint density at radius 3 is 2.36 bits per heavy atom. The Balaban J connectivity index is 1.35. The van der Waals surface area contributed by atoms with Crippen LogP contribution in [0.4, 0.5) is 0 Å². The number of rotatable bonds is 8. The van der Waals surface area contributed by atoms with Gasteiger partial charge in [0.15, 0.2) is 0 Å². The van der Waals surface area contributed by atoms with E-state index >= 15 is 0 Å². The second-order valence-electron chi connectivity index (χ2n) is 9.45. The lowest BCUT2D eigenvalue weighted by atomic mass is 9.97. The molecule has 1 atom stereocenters. The van der Waals surface area contributed by atoms with Crippen LogP contribution in [0.25, 0.3) is 10.8 Å². The van der Waals surface area contributed by atoms with Crippen LogP contribution in [0.15, 0.2) is 71.8 Å². The predicted octanol–water partition coefficient (Wildman–Crippen LogP) is 3.79. The van der Waals surface area contributed by atoms with Crippen LogP contribution in [0.3, 0.4) is 0 Å². The quantitative estimate of drug-likeness (QED) is 0.485. The molecule has 3 aromatic carbocycles. The van der Waals surface area contributed by atoms with Crippen LogP contribution in [0, 0.1) is 0 Å². The summed E-state index contributed by atoms with van der Waals surface area (Å²) in [6, 6.07) is 22.6. The van der Waals surface area contributed by atoms with Gasteiger partial charge in [0.25, 0.3) is 5.91 Å². The first-order valence-electron chi connectivity index (χ1n) is 12.6. The molecule has 1 amide bonds. The zero-order valence-corrected chi connectivity index (χ0v) is 21.1. The van der Waals surface area contributed by atoms with Crippen molar-refractivity contribution in [3.05, 3.63) is 77.9 Å². The smallest absolute Gasteiger partial charge is 0.257 e. The molecule has 1 unspecified atom stereocenters. The van der Waals surface area contributed by atoms with Crippen molar-refractivity contribution in [1.29, 1.82) is 0 Å². The molecule has 5 rings (SSSR count). The Labute approximate surface area is 212 Å². The van der Waals surface area contributed by atoms with Crippen molar-refractivity contribution in [2.45, 2.75) is 12.5 Å². The molecule has 0 radical (unpaired) electrons. The van der Waals surface area contributed by atoms with Crippen molar-refractivity contribution < 1.29 is 14.3 Å². The molecule has 0 spiro atoms. The second-order valence-corrected chi connectivity index (χ2v) is 9.45. The summed E-state index contributed by atoms with van der Waals surface area (Å²) in [5.74, 6) is 0.841. The minimum absolute atomic E-state index is 0.0388. The van der Waals surface area contributed by atoms with Crippen LogP contribution >= 0.6 is 0 Å². The number of amides is 1. The Hall–Kier alpha value is -3.26. The van der Waals surface area contributed by atoms with Crippen molar-refractivity contribution in [2.24, 2.45) is 5.10 Å². The molecule has 0 bridgehead atoms. The number of piperazine rings is 1. The minimum atomic E-state index is -0.132. The normalized spacial score (nSPS) is 19.0. The van der Waals surface area contributed by atoms with Crippen molar-refractivity contribution >= 4 is 22.4 Å². The number of fused-ring (bicyclic) bond motifs is 1. The molecule has 1 saturated heterocycles. The van der Waals surface area contributed by atoms with E-state index in [9.17, 15) is 4.79 Å². The lowest BCUT2D eigenvalue weighted by Crippen LogP contribution is -2.50. The van der Waals surface area contributed by atoms with E-state index in [1.165, 1.54) is 10.8 Å². The number of methoxy groups -OCH3 is 2. The summed E-state index contributed by atoms with van der Waals surface area (Å²) < 4.78 is 10.5. The first-order valence-corrected chi connectivity index (χ1v) is 12.6. The summed E-state index contributed by atoms with van der Waals surface area (Å²) in [6.45, 7) is 5.69. The first-order chi connectivity index (χ1) is 17.6. The number of hydrogen-bond acceptors (Lipinski definition) is 6. The van der Waals surface area contributed by atoms with E-state index in [4.69, 9.17) is 14.6 Å². The number of hydrazone groups is 1. The molecule has 2 aliphatic heterocycles. The van der Waals surface area contributed by atoms with Crippen molar-refractivity contribution in [2.75, 3.05) is 60.1 Å². The summed E-state index contributed by atoms with van der Waals surface area (Å²) in [7, 11) is 3.40. The van der Waals surface area contributed by atoms with Gasteiger partial charge in [-0.1, -0.05) is 48.5 Å². The highest BCUT2D eigenvalue weighted by atomic mass is 16.5. The largest absolute Gasteiger partial charge is 0.497 e. The third kappa shape index (κ3) is 5.43. The Morgan fingerprint density at radius 2 is 1.64 bits per heavy atom. The second kappa shape index (κ2) is 11.2. The zero-order chi connectivity index (χ0) is 24.9. The van der Waals surface area contributed by atoms with Gasteiger partial charge in [-0.3, -0.25) is 14.6 Å². The maximum Gasteiger partial charge on any atom is 0.257 e. The average Bonchev–Trinajstić information content (AvgIpc) is 3.38. The molecule has 0 aliphatic carbocycles. The van der Waals surface area contributed by atoms with Gasteiger partial charge in [-0.2, -0.15) is 5.10 Å². The highest BCUT2D eigenvalue weighted by Gasteiger charge is 2.34. The van der Waals surface area contributed by atoms with Crippen molar-refractivity contribution in [1.82, 2.24) is 14.8 Å². The molecule has 2 aliphatic rings. The van der Waals surface area contributed by atoms with E-state index in [1.54, 1.807) is 19.2 Å². The monoisotopic (exact) mass is 486 g/mol. The topological polar surface area (TPSA) is 57.6 Å². The van der Waals surface area contributed by atoms with Gasteiger partial charge < -0.3 is 9.47 Å². The van der Waals surface area contributed by atoms with E-state index in [2.05, 4.69) is 40.1 Å². The van der Waals surface area contributed by atoms with E-state index in [1.807, 2.05) is 36.4 Å². The molecule has 1 fully saturated rings. The molecule has 7 heteroatoms. The van der Waals surface area contributed by atoms with E-state index in [-0.39, 0.29) is 11.9 Å². The highest BCUT2D eigenvalue weighted by molar-refractivity contribution is 6.05. The van der Waals surface area contributed by atoms with Crippen LogP contribution in [0.2, 0.25) is 0 Å². The number of ether oxygens (including phenoxy) is 2. The molecule has 7 nitrogen and oxygen atoms in total. The average molecular weight is 487 g/mol. The number of carbonyl (C=O) groups is 1. The third-order valence-electron chi connectivity index (χ3n) is 7.18. The third-order valence-corrected chi connectivity index (χ3v) is 7.18. The maximum absolute atomic E-state index is 13.6. The van der Waals surface area contributed by atoms with Gasteiger partial charge in [-0.15, -0.1) is 0 Å². The Bertz CT molecular complexity index is 1220. The predicted molar refractivity (Wildman–Crippen MR) is 142 cm³/mol.